The van der Waals surface area contributed by atoms with E-state index >= 15 is 0 Å². The van der Waals surface area contributed by atoms with E-state index in [2.05, 4.69) is 10.2 Å². The van der Waals surface area contributed by atoms with Crippen LogP contribution in [0.1, 0.15) is 23.2 Å². The molecule has 1 N–H and O–H groups in total. The number of carbonyl (C=O) groups excluding carboxylic acids is 2. The molecule has 0 saturated carbocycles. The molecule has 0 spiro atoms. The Balaban J connectivity index is 1.43. The fourth-order valence-electron chi connectivity index (χ4n) is 2.96. The zero-order valence-corrected chi connectivity index (χ0v) is 12.1. The van der Waals surface area contributed by atoms with E-state index in [1.165, 1.54) is 0 Å². The van der Waals surface area contributed by atoms with Crippen LogP contribution in [-0.4, -0.2) is 24.8 Å². The zero-order chi connectivity index (χ0) is 15.1. The number of piperidine rings is 1. The molecule has 1 saturated heterocycles. The van der Waals surface area contributed by atoms with E-state index in [1.807, 2.05) is 42.5 Å². The number of benzene rings is 2. The Hall–Kier alpha value is -2.62. The van der Waals surface area contributed by atoms with Gasteiger partial charge in [0.2, 0.25) is 0 Å². The van der Waals surface area contributed by atoms with Crippen LogP contribution >= 0.6 is 0 Å². The van der Waals surface area contributed by atoms with Crippen LogP contribution in [0, 0.1) is 0 Å². The predicted molar refractivity (Wildman–Crippen MR) is 86.3 cm³/mol. The summed E-state index contributed by atoms with van der Waals surface area (Å²) in [6.45, 7) is 1.53. The Morgan fingerprint density at radius 1 is 0.955 bits per heavy atom. The lowest BCUT2D eigenvalue weighted by atomic mass is 10.1. The van der Waals surface area contributed by atoms with Crippen molar-refractivity contribution in [1.82, 2.24) is 0 Å². The smallest absolute Gasteiger partial charge is 0.255 e. The van der Waals surface area contributed by atoms with Gasteiger partial charge in [-0.1, -0.05) is 18.2 Å². The highest BCUT2D eigenvalue weighted by Crippen LogP contribution is 2.48. The molecule has 0 atom stereocenters. The fraction of sp³-hybridized carbons (Fsp3) is 0.222. The summed E-state index contributed by atoms with van der Waals surface area (Å²) in [5.41, 5.74) is 4.96. The minimum absolute atomic E-state index is 0.0772. The molecule has 110 valence electrons. The lowest BCUT2D eigenvalue weighted by molar-refractivity contribution is -0.119. The number of rotatable bonds is 3. The van der Waals surface area contributed by atoms with E-state index in [9.17, 15) is 9.59 Å². The topological polar surface area (TPSA) is 49.4 Å². The Bertz CT molecular complexity index is 735. The highest BCUT2D eigenvalue weighted by molar-refractivity contribution is 6.16. The lowest BCUT2D eigenvalue weighted by Crippen LogP contribution is -2.33. The van der Waals surface area contributed by atoms with Gasteiger partial charge in [-0.2, -0.15) is 0 Å². The molecule has 1 heterocycles. The fourth-order valence-corrected chi connectivity index (χ4v) is 2.96. The predicted octanol–water partition coefficient (Wildman–Crippen LogP) is 3.09. The number of para-hydroxylation sites is 1. The third-order valence-electron chi connectivity index (χ3n) is 4.35. The number of anilines is 2. The first-order valence-corrected chi connectivity index (χ1v) is 7.54. The van der Waals surface area contributed by atoms with Crippen LogP contribution in [0.15, 0.2) is 42.5 Å². The van der Waals surface area contributed by atoms with Crippen LogP contribution in [-0.2, 0) is 4.79 Å². The normalized spacial score (nSPS) is 15.6. The van der Waals surface area contributed by atoms with Gasteiger partial charge < -0.3 is 10.2 Å². The standard InChI is InChI=1S/C18H16N2O2/c21-14-8-10-20(11-9-14)13-6-4-12(5-7-13)18(22)19-17-15-2-1-3-16(15)17/h1-7H,8-11H2,(H,19,22). The number of nitrogens with one attached hydrogen (secondary N) is 1. The number of amides is 1. The summed E-state index contributed by atoms with van der Waals surface area (Å²) in [6, 6.07) is 13.6. The monoisotopic (exact) mass is 292 g/mol. The molecule has 22 heavy (non-hydrogen) atoms. The van der Waals surface area contributed by atoms with Crippen molar-refractivity contribution >= 4 is 23.1 Å². The molecule has 1 aliphatic heterocycles. The van der Waals surface area contributed by atoms with Crippen molar-refractivity contribution in [1.29, 1.82) is 0 Å². The molecule has 1 aromatic carbocycles. The Morgan fingerprint density at radius 3 is 2.23 bits per heavy atom. The minimum atomic E-state index is -0.0772. The maximum Gasteiger partial charge on any atom is 0.255 e. The van der Waals surface area contributed by atoms with Crippen LogP contribution in [0.5, 0.6) is 0 Å². The van der Waals surface area contributed by atoms with Gasteiger partial charge in [-0.05, 0) is 24.3 Å². The summed E-state index contributed by atoms with van der Waals surface area (Å²) in [4.78, 5) is 25.7. The first kappa shape index (κ1) is 13.1. The molecule has 0 aromatic heterocycles. The van der Waals surface area contributed by atoms with Gasteiger partial charge in [-0.15, -0.1) is 0 Å². The Morgan fingerprint density at radius 2 is 1.59 bits per heavy atom. The number of ketones is 1. The van der Waals surface area contributed by atoms with Gasteiger partial charge >= 0.3 is 0 Å². The number of Topliss-reactive ketones (excluding diaryl/α,β-unsaturated/α-hetero) is 1. The molecule has 1 amide bonds. The average molecular weight is 292 g/mol. The molecule has 4 heteroatoms. The van der Waals surface area contributed by atoms with E-state index in [4.69, 9.17) is 0 Å². The molecule has 0 radical (unpaired) electrons. The third kappa shape index (κ3) is 2.26. The summed E-state index contributed by atoms with van der Waals surface area (Å²) in [7, 11) is 0. The van der Waals surface area contributed by atoms with Crippen molar-refractivity contribution in [3.8, 4) is 11.1 Å². The maximum absolute atomic E-state index is 12.2. The van der Waals surface area contributed by atoms with Gasteiger partial charge in [0, 0.05) is 48.3 Å². The summed E-state index contributed by atoms with van der Waals surface area (Å²) in [6.07, 6.45) is 1.23. The van der Waals surface area contributed by atoms with Crippen LogP contribution < -0.4 is 10.2 Å². The van der Waals surface area contributed by atoms with E-state index in [0.717, 1.165) is 35.6 Å². The lowest BCUT2D eigenvalue weighted by Gasteiger charge is -2.28. The molecule has 0 bridgehead atoms. The van der Waals surface area contributed by atoms with Crippen LogP contribution in [0.3, 0.4) is 0 Å². The third-order valence-corrected chi connectivity index (χ3v) is 4.35. The quantitative estimate of drug-likeness (QED) is 0.807. The molecule has 3 aliphatic rings. The molecular formula is C18H16N2O2. The Kier molecular flexibility index (Phi) is 2.96. The van der Waals surface area contributed by atoms with Crippen LogP contribution in [0.25, 0.3) is 11.1 Å². The number of hydrogen-bond acceptors (Lipinski definition) is 3. The molecule has 4 nitrogen and oxygen atoms in total. The van der Waals surface area contributed by atoms with E-state index in [0.29, 0.717) is 24.2 Å². The van der Waals surface area contributed by atoms with Crippen LogP contribution in [0.2, 0.25) is 0 Å². The highest BCUT2D eigenvalue weighted by atomic mass is 16.1. The van der Waals surface area contributed by atoms with Crippen molar-refractivity contribution in [3.05, 3.63) is 48.0 Å². The summed E-state index contributed by atoms with van der Waals surface area (Å²) < 4.78 is 0. The van der Waals surface area contributed by atoms with Gasteiger partial charge in [-0.3, -0.25) is 9.59 Å². The van der Waals surface area contributed by atoms with Crippen molar-refractivity contribution < 1.29 is 9.59 Å². The number of hydrogen-bond donors (Lipinski definition) is 1. The SMILES string of the molecule is O=C1CCN(c2ccc(C(=O)Nc3c4cccc3-4)cc2)CC1. The summed E-state index contributed by atoms with van der Waals surface area (Å²) in [5, 5.41) is 2.94. The van der Waals surface area contributed by atoms with Crippen molar-refractivity contribution in [2.45, 2.75) is 12.8 Å². The van der Waals surface area contributed by atoms with E-state index in [-0.39, 0.29) is 5.91 Å². The largest absolute Gasteiger partial charge is 0.371 e. The zero-order valence-electron chi connectivity index (χ0n) is 12.1. The van der Waals surface area contributed by atoms with Gasteiger partial charge in [0.25, 0.3) is 5.91 Å². The minimum Gasteiger partial charge on any atom is -0.371 e. The van der Waals surface area contributed by atoms with Crippen LogP contribution in [0.4, 0.5) is 11.4 Å². The van der Waals surface area contributed by atoms with E-state index < -0.39 is 0 Å². The number of fused-ring (bicyclic) bond motifs is 1. The molecule has 1 aromatic rings. The van der Waals surface area contributed by atoms with Crippen molar-refractivity contribution in [2.75, 3.05) is 23.3 Å². The molecule has 0 unspecified atom stereocenters. The summed E-state index contributed by atoms with van der Waals surface area (Å²) >= 11 is 0. The first-order valence-electron chi connectivity index (χ1n) is 7.54. The van der Waals surface area contributed by atoms with Crippen molar-refractivity contribution in [3.63, 3.8) is 0 Å². The molecule has 1 fully saturated rings. The second-order valence-electron chi connectivity index (χ2n) is 5.75. The van der Waals surface area contributed by atoms with Gasteiger partial charge in [-0.25, -0.2) is 0 Å². The number of nitrogens with zero attached hydrogens (tertiary/aromatic N) is 1. The second-order valence-corrected chi connectivity index (χ2v) is 5.75. The summed E-state index contributed by atoms with van der Waals surface area (Å²) in [5.74, 6) is 0.256. The first-order chi connectivity index (χ1) is 10.7. The number of carbonyl (C=O) groups is 2. The van der Waals surface area contributed by atoms with E-state index in [1.54, 1.807) is 0 Å². The molecule has 4 rings (SSSR count). The maximum atomic E-state index is 12.2. The van der Waals surface area contributed by atoms with Gasteiger partial charge in [0.1, 0.15) is 5.78 Å². The van der Waals surface area contributed by atoms with Gasteiger partial charge in [0.15, 0.2) is 0 Å². The average Bonchev–Trinajstić information content (AvgIpc) is 2.97. The van der Waals surface area contributed by atoms with Gasteiger partial charge in [0.05, 0.1) is 5.69 Å². The Labute approximate surface area is 128 Å². The highest BCUT2D eigenvalue weighted by Gasteiger charge is 2.25. The second kappa shape index (κ2) is 4.98. The molecule has 2 aliphatic carbocycles. The molecular weight excluding hydrogens is 276 g/mol. The van der Waals surface area contributed by atoms with Crippen molar-refractivity contribution in [2.24, 2.45) is 0 Å².